The van der Waals surface area contributed by atoms with Gasteiger partial charge < -0.3 is 15.3 Å². The van der Waals surface area contributed by atoms with Crippen LogP contribution in [0.15, 0.2) is 36.4 Å². The predicted molar refractivity (Wildman–Crippen MR) is 87.5 cm³/mol. The summed E-state index contributed by atoms with van der Waals surface area (Å²) >= 11 is 0. The number of Topliss-reactive ketones (excluding diaryl/α,β-unsaturated/α-hetero) is 1. The number of ketones is 1. The SMILES string of the molecule is O=C1CCc2ccc(O)c(c2)-c2cc(ccc2O)CC[C@@H](O)C1. The molecule has 0 aromatic heterocycles. The Balaban J connectivity index is 2.08. The maximum Gasteiger partial charge on any atom is 0.135 e. The normalized spacial score (nSPS) is 18.7. The second kappa shape index (κ2) is 6.42. The third-order valence-electron chi connectivity index (χ3n) is 4.33. The fraction of sp³-hybridized carbons (Fsp3) is 0.316. The Morgan fingerprint density at radius 2 is 1.39 bits per heavy atom. The third kappa shape index (κ3) is 3.54. The molecular formula is C19H20O4. The van der Waals surface area contributed by atoms with E-state index in [0.29, 0.717) is 36.8 Å². The van der Waals surface area contributed by atoms with Crippen LogP contribution in [0.2, 0.25) is 0 Å². The minimum Gasteiger partial charge on any atom is -0.507 e. The summed E-state index contributed by atoms with van der Waals surface area (Å²) in [5.74, 6) is 0.246. The van der Waals surface area contributed by atoms with Crippen LogP contribution < -0.4 is 0 Å². The highest BCUT2D eigenvalue weighted by atomic mass is 16.3. The van der Waals surface area contributed by atoms with Crippen LogP contribution in [-0.4, -0.2) is 27.2 Å². The maximum atomic E-state index is 11.9. The van der Waals surface area contributed by atoms with Crippen molar-refractivity contribution in [3.8, 4) is 22.6 Å². The molecule has 4 bridgehead atoms. The van der Waals surface area contributed by atoms with Crippen LogP contribution >= 0.6 is 0 Å². The molecule has 0 heterocycles. The minimum atomic E-state index is -0.642. The van der Waals surface area contributed by atoms with Crippen molar-refractivity contribution in [2.75, 3.05) is 0 Å². The van der Waals surface area contributed by atoms with Gasteiger partial charge in [0.05, 0.1) is 6.10 Å². The molecule has 0 radical (unpaired) electrons. The lowest BCUT2D eigenvalue weighted by molar-refractivity contribution is -0.120. The molecule has 120 valence electrons. The Labute approximate surface area is 135 Å². The van der Waals surface area contributed by atoms with E-state index in [1.807, 2.05) is 12.1 Å². The molecule has 0 fully saturated rings. The second-order valence-electron chi connectivity index (χ2n) is 6.14. The smallest absolute Gasteiger partial charge is 0.135 e. The van der Waals surface area contributed by atoms with Gasteiger partial charge in [-0.1, -0.05) is 12.1 Å². The van der Waals surface area contributed by atoms with E-state index >= 15 is 0 Å². The fourth-order valence-corrected chi connectivity index (χ4v) is 2.99. The van der Waals surface area contributed by atoms with Gasteiger partial charge >= 0.3 is 0 Å². The molecule has 2 aromatic rings. The molecule has 1 atom stereocenters. The Morgan fingerprint density at radius 1 is 0.826 bits per heavy atom. The summed E-state index contributed by atoms with van der Waals surface area (Å²) < 4.78 is 0. The number of hydrogen-bond donors (Lipinski definition) is 3. The molecule has 3 N–H and O–H groups in total. The summed E-state index contributed by atoms with van der Waals surface area (Å²) in [6.45, 7) is 0. The molecule has 0 amide bonds. The van der Waals surface area contributed by atoms with E-state index in [9.17, 15) is 20.1 Å². The van der Waals surface area contributed by atoms with Crippen molar-refractivity contribution in [1.29, 1.82) is 0 Å². The first-order valence-electron chi connectivity index (χ1n) is 7.87. The zero-order valence-corrected chi connectivity index (χ0v) is 12.8. The number of phenols is 2. The molecule has 1 aliphatic rings. The summed E-state index contributed by atoms with van der Waals surface area (Å²) in [6, 6.07) is 10.4. The molecule has 4 nitrogen and oxygen atoms in total. The maximum absolute atomic E-state index is 11.9. The minimum absolute atomic E-state index is 0.0425. The number of fused-ring (bicyclic) bond motifs is 5. The number of rotatable bonds is 0. The standard InChI is InChI=1S/C19H20O4/c20-14-5-1-12-3-7-18(22)16(9-12)17-10-13(4-8-19(17)23)2-6-15(21)11-14/h3-4,7-10,14,20,22-23H,1-2,5-6,11H2/t14-/m1/s1. The fourth-order valence-electron chi connectivity index (χ4n) is 2.99. The van der Waals surface area contributed by atoms with E-state index < -0.39 is 6.10 Å². The first-order valence-corrected chi connectivity index (χ1v) is 7.87. The molecular weight excluding hydrogens is 292 g/mol. The first kappa shape index (κ1) is 15.6. The zero-order valence-electron chi connectivity index (χ0n) is 12.8. The average Bonchev–Trinajstić information content (AvgIpc) is 2.53. The van der Waals surface area contributed by atoms with Crippen molar-refractivity contribution in [3.05, 3.63) is 47.5 Å². The summed E-state index contributed by atoms with van der Waals surface area (Å²) in [4.78, 5) is 11.9. The largest absolute Gasteiger partial charge is 0.507 e. The van der Waals surface area contributed by atoms with Crippen molar-refractivity contribution in [3.63, 3.8) is 0 Å². The average molecular weight is 312 g/mol. The van der Waals surface area contributed by atoms with Gasteiger partial charge in [-0.3, -0.25) is 4.79 Å². The number of aromatic hydroxyl groups is 2. The predicted octanol–water partition coefficient (Wildman–Crippen LogP) is 2.96. The van der Waals surface area contributed by atoms with Crippen molar-refractivity contribution >= 4 is 5.78 Å². The lowest BCUT2D eigenvalue weighted by atomic mass is 9.96. The lowest BCUT2D eigenvalue weighted by Gasteiger charge is -2.11. The Morgan fingerprint density at radius 3 is 2.00 bits per heavy atom. The summed E-state index contributed by atoms with van der Waals surface area (Å²) in [6.07, 6.45) is 1.57. The highest BCUT2D eigenvalue weighted by molar-refractivity contribution is 5.80. The van der Waals surface area contributed by atoms with Crippen LogP contribution in [-0.2, 0) is 17.6 Å². The van der Waals surface area contributed by atoms with Crippen molar-refractivity contribution in [1.82, 2.24) is 0 Å². The van der Waals surface area contributed by atoms with Gasteiger partial charge in [-0.2, -0.15) is 0 Å². The van der Waals surface area contributed by atoms with Gasteiger partial charge in [-0.15, -0.1) is 0 Å². The van der Waals surface area contributed by atoms with Crippen LogP contribution in [0.5, 0.6) is 11.5 Å². The van der Waals surface area contributed by atoms with Gasteiger partial charge in [0, 0.05) is 24.0 Å². The Bertz CT molecular complexity index is 736. The highest BCUT2D eigenvalue weighted by Crippen LogP contribution is 2.37. The Hall–Kier alpha value is -2.33. The zero-order chi connectivity index (χ0) is 16.4. The number of phenolic OH excluding ortho intramolecular Hbond substituents is 2. The van der Waals surface area contributed by atoms with Gasteiger partial charge in [0.1, 0.15) is 17.3 Å². The number of carbonyl (C=O) groups is 1. The molecule has 0 unspecified atom stereocenters. The number of benzene rings is 2. The van der Waals surface area contributed by atoms with E-state index in [1.165, 1.54) is 0 Å². The van der Waals surface area contributed by atoms with Crippen molar-refractivity contribution < 1.29 is 20.1 Å². The van der Waals surface area contributed by atoms with Gasteiger partial charge in [0.25, 0.3) is 0 Å². The van der Waals surface area contributed by atoms with Gasteiger partial charge in [-0.05, 0) is 54.7 Å². The van der Waals surface area contributed by atoms with Crippen molar-refractivity contribution in [2.45, 2.75) is 38.2 Å². The summed E-state index contributed by atoms with van der Waals surface area (Å²) in [5, 5.41) is 30.3. The molecule has 0 aliphatic heterocycles. The van der Waals surface area contributed by atoms with Crippen LogP contribution in [0, 0.1) is 0 Å². The van der Waals surface area contributed by atoms with E-state index in [0.717, 1.165) is 11.1 Å². The van der Waals surface area contributed by atoms with Crippen LogP contribution in [0.3, 0.4) is 0 Å². The molecule has 2 aromatic carbocycles. The number of hydrogen-bond acceptors (Lipinski definition) is 4. The molecule has 0 saturated carbocycles. The van der Waals surface area contributed by atoms with Gasteiger partial charge in [0.2, 0.25) is 0 Å². The van der Waals surface area contributed by atoms with Gasteiger partial charge in [-0.25, -0.2) is 0 Å². The molecule has 0 spiro atoms. The van der Waals surface area contributed by atoms with E-state index in [4.69, 9.17) is 0 Å². The number of carbonyl (C=O) groups excluding carboxylic acids is 1. The number of aliphatic hydroxyl groups is 1. The quantitative estimate of drug-likeness (QED) is 0.699. The van der Waals surface area contributed by atoms with Crippen LogP contribution in [0.1, 0.15) is 30.4 Å². The summed E-state index contributed by atoms with van der Waals surface area (Å²) in [5.41, 5.74) is 3.01. The van der Waals surface area contributed by atoms with Gasteiger partial charge in [0.15, 0.2) is 0 Å². The molecule has 0 saturated heterocycles. The van der Waals surface area contributed by atoms with E-state index in [1.54, 1.807) is 24.3 Å². The monoisotopic (exact) mass is 312 g/mol. The third-order valence-corrected chi connectivity index (χ3v) is 4.33. The van der Waals surface area contributed by atoms with E-state index in [2.05, 4.69) is 0 Å². The number of aryl methyl sites for hydroxylation is 2. The molecule has 1 aliphatic carbocycles. The summed E-state index contributed by atoms with van der Waals surface area (Å²) in [7, 11) is 0. The van der Waals surface area contributed by atoms with Crippen molar-refractivity contribution in [2.24, 2.45) is 0 Å². The molecule has 3 rings (SSSR count). The lowest BCUT2D eigenvalue weighted by Crippen LogP contribution is -2.14. The van der Waals surface area contributed by atoms with Crippen LogP contribution in [0.25, 0.3) is 11.1 Å². The van der Waals surface area contributed by atoms with Crippen LogP contribution in [0.4, 0.5) is 0 Å². The first-order chi connectivity index (χ1) is 11.0. The Kier molecular flexibility index (Phi) is 4.35. The highest BCUT2D eigenvalue weighted by Gasteiger charge is 2.16. The number of aliphatic hydroxyl groups excluding tert-OH is 1. The molecule has 23 heavy (non-hydrogen) atoms. The topological polar surface area (TPSA) is 77.8 Å². The van der Waals surface area contributed by atoms with E-state index in [-0.39, 0.29) is 23.7 Å². The second-order valence-corrected chi connectivity index (χ2v) is 6.14. The molecule has 4 heteroatoms.